The van der Waals surface area contributed by atoms with Crippen molar-refractivity contribution in [3.63, 3.8) is 0 Å². The Hall–Kier alpha value is -2.50. The molecule has 19 heavy (non-hydrogen) atoms. The number of hydrogen-bond donors (Lipinski definition) is 2. The number of aromatic nitrogens is 2. The van der Waals surface area contributed by atoms with Gasteiger partial charge in [-0.15, -0.1) is 0 Å². The average Bonchev–Trinajstić information content (AvgIpc) is 2.84. The molecule has 0 saturated carbocycles. The molecular formula is C13H16N4O2. The molecule has 0 aliphatic rings. The second kappa shape index (κ2) is 5.43. The highest BCUT2D eigenvalue weighted by atomic mass is 16.5. The normalized spacial score (nSPS) is 11.9. The highest BCUT2D eigenvalue weighted by Gasteiger charge is 2.15. The Labute approximate surface area is 111 Å². The molecule has 0 radical (unpaired) electrons. The SMILES string of the molecule is COc1cccc(NC(=O)C(C)n2ccc(N)n2)c1. The van der Waals surface area contributed by atoms with Gasteiger partial charge in [-0.2, -0.15) is 5.10 Å². The zero-order valence-electron chi connectivity index (χ0n) is 10.8. The molecule has 0 bridgehead atoms. The lowest BCUT2D eigenvalue weighted by atomic mass is 10.2. The zero-order valence-corrected chi connectivity index (χ0v) is 10.8. The van der Waals surface area contributed by atoms with Gasteiger partial charge < -0.3 is 15.8 Å². The molecule has 1 aromatic carbocycles. The second-order valence-corrected chi connectivity index (χ2v) is 4.12. The molecule has 0 saturated heterocycles. The number of methoxy groups -OCH3 is 1. The molecule has 2 rings (SSSR count). The third-order valence-corrected chi connectivity index (χ3v) is 2.74. The molecule has 0 aliphatic carbocycles. The van der Waals surface area contributed by atoms with Crippen LogP contribution in [-0.4, -0.2) is 22.8 Å². The van der Waals surface area contributed by atoms with Gasteiger partial charge in [0, 0.05) is 18.0 Å². The lowest BCUT2D eigenvalue weighted by Crippen LogP contribution is -2.24. The summed E-state index contributed by atoms with van der Waals surface area (Å²) in [6.07, 6.45) is 1.67. The summed E-state index contributed by atoms with van der Waals surface area (Å²) in [4.78, 5) is 12.1. The smallest absolute Gasteiger partial charge is 0.248 e. The van der Waals surface area contributed by atoms with Gasteiger partial charge in [0.2, 0.25) is 5.91 Å². The van der Waals surface area contributed by atoms with Crippen LogP contribution in [0, 0.1) is 0 Å². The van der Waals surface area contributed by atoms with E-state index < -0.39 is 6.04 Å². The maximum atomic E-state index is 12.1. The van der Waals surface area contributed by atoms with Crippen molar-refractivity contribution in [2.24, 2.45) is 0 Å². The first-order chi connectivity index (χ1) is 9.10. The van der Waals surface area contributed by atoms with Gasteiger partial charge in [-0.1, -0.05) is 6.07 Å². The zero-order chi connectivity index (χ0) is 13.8. The molecule has 1 amide bonds. The van der Waals surface area contributed by atoms with E-state index in [-0.39, 0.29) is 5.91 Å². The van der Waals surface area contributed by atoms with Gasteiger partial charge in [0.15, 0.2) is 0 Å². The molecule has 2 aromatic rings. The molecule has 3 N–H and O–H groups in total. The van der Waals surface area contributed by atoms with E-state index in [1.807, 2.05) is 12.1 Å². The van der Waals surface area contributed by atoms with Crippen LogP contribution in [0.5, 0.6) is 5.75 Å². The fraction of sp³-hybridized carbons (Fsp3) is 0.231. The summed E-state index contributed by atoms with van der Waals surface area (Å²) in [7, 11) is 1.58. The molecule has 1 unspecified atom stereocenters. The number of nitrogen functional groups attached to an aromatic ring is 1. The topological polar surface area (TPSA) is 82.2 Å². The molecule has 0 spiro atoms. The lowest BCUT2D eigenvalue weighted by molar-refractivity contribution is -0.119. The number of rotatable bonds is 4. The van der Waals surface area contributed by atoms with Crippen LogP contribution in [-0.2, 0) is 4.79 Å². The van der Waals surface area contributed by atoms with Crippen molar-refractivity contribution in [3.8, 4) is 5.75 Å². The van der Waals surface area contributed by atoms with Crippen LogP contribution in [0.15, 0.2) is 36.5 Å². The minimum atomic E-state index is -0.441. The molecule has 1 heterocycles. The van der Waals surface area contributed by atoms with E-state index in [2.05, 4.69) is 10.4 Å². The summed E-state index contributed by atoms with van der Waals surface area (Å²) in [6, 6.07) is 8.38. The predicted molar refractivity (Wildman–Crippen MR) is 73.0 cm³/mol. The van der Waals surface area contributed by atoms with Crippen molar-refractivity contribution < 1.29 is 9.53 Å². The largest absolute Gasteiger partial charge is 0.497 e. The molecule has 1 aromatic heterocycles. The maximum Gasteiger partial charge on any atom is 0.248 e. The molecule has 1 atom stereocenters. The summed E-state index contributed by atoms with van der Waals surface area (Å²) in [5.74, 6) is 0.908. The van der Waals surface area contributed by atoms with E-state index in [1.54, 1.807) is 38.4 Å². The van der Waals surface area contributed by atoms with Gasteiger partial charge in [0.1, 0.15) is 17.6 Å². The van der Waals surface area contributed by atoms with E-state index >= 15 is 0 Å². The number of carbonyl (C=O) groups is 1. The Kier molecular flexibility index (Phi) is 3.70. The van der Waals surface area contributed by atoms with Gasteiger partial charge in [-0.3, -0.25) is 9.48 Å². The summed E-state index contributed by atoms with van der Waals surface area (Å²) < 4.78 is 6.62. The van der Waals surface area contributed by atoms with Crippen molar-refractivity contribution in [1.82, 2.24) is 9.78 Å². The van der Waals surface area contributed by atoms with Crippen LogP contribution < -0.4 is 15.8 Å². The molecule has 0 fully saturated rings. The fourth-order valence-electron chi connectivity index (χ4n) is 1.64. The molecule has 100 valence electrons. The van der Waals surface area contributed by atoms with Gasteiger partial charge in [0.25, 0.3) is 0 Å². The molecule has 0 aliphatic heterocycles. The van der Waals surface area contributed by atoms with Crippen LogP contribution in [0.3, 0.4) is 0 Å². The van der Waals surface area contributed by atoms with Crippen LogP contribution in [0.4, 0.5) is 11.5 Å². The fourth-order valence-corrected chi connectivity index (χ4v) is 1.64. The van der Waals surface area contributed by atoms with Gasteiger partial charge in [0.05, 0.1) is 7.11 Å². The number of benzene rings is 1. The van der Waals surface area contributed by atoms with E-state index in [0.29, 0.717) is 17.3 Å². The van der Waals surface area contributed by atoms with E-state index in [9.17, 15) is 4.79 Å². The van der Waals surface area contributed by atoms with Gasteiger partial charge in [-0.25, -0.2) is 0 Å². The first-order valence-corrected chi connectivity index (χ1v) is 5.85. The minimum Gasteiger partial charge on any atom is -0.497 e. The highest BCUT2D eigenvalue weighted by molar-refractivity contribution is 5.93. The number of anilines is 2. The standard InChI is InChI=1S/C13H16N4O2/c1-9(17-7-6-12(14)16-17)13(18)15-10-4-3-5-11(8-10)19-2/h3-9H,1-2H3,(H2,14,16)(H,15,18). The minimum absolute atomic E-state index is 0.170. The second-order valence-electron chi connectivity index (χ2n) is 4.12. The average molecular weight is 260 g/mol. The number of ether oxygens (including phenoxy) is 1. The Morgan fingerprint density at radius 1 is 1.47 bits per heavy atom. The number of hydrogen-bond acceptors (Lipinski definition) is 4. The van der Waals surface area contributed by atoms with Crippen LogP contribution >= 0.6 is 0 Å². The monoisotopic (exact) mass is 260 g/mol. The van der Waals surface area contributed by atoms with Gasteiger partial charge in [-0.05, 0) is 25.1 Å². The number of nitrogens with one attached hydrogen (secondary N) is 1. The number of amides is 1. The van der Waals surface area contributed by atoms with Crippen molar-refractivity contribution >= 4 is 17.4 Å². The molecule has 6 nitrogen and oxygen atoms in total. The number of nitrogens with two attached hydrogens (primary N) is 1. The quantitative estimate of drug-likeness (QED) is 0.876. The van der Waals surface area contributed by atoms with Crippen molar-refractivity contribution in [1.29, 1.82) is 0 Å². The van der Waals surface area contributed by atoms with E-state index in [4.69, 9.17) is 10.5 Å². The maximum absolute atomic E-state index is 12.1. The Bertz CT molecular complexity index is 580. The van der Waals surface area contributed by atoms with Crippen molar-refractivity contribution in [3.05, 3.63) is 36.5 Å². The lowest BCUT2D eigenvalue weighted by Gasteiger charge is -2.13. The summed E-state index contributed by atoms with van der Waals surface area (Å²) in [6.45, 7) is 1.75. The third kappa shape index (κ3) is 3.04. The van der Waals surface area contributed by atoms with Crippen molar-refractivity contribution in [2.75, 3.05) is 18.2 Å². The van der Waals surface area contributed by atoms with Crippen LogP contribution in [0.1, 0.15) is 13.0 Å². The first kappa shape index (κ1) is 12.9. The summed E-state index contributed by atoms with van der Waals surface area (Å²) >= 11 is 0. The number of carbonyl (C=O) groups excluding carboxylic acids is 1. The van der Waals surface area contributed by atoms with E-state index in [0.717, 1.165) is 0 Å². The third-order valence-electron chi connectivity index (χ3n) is 2.74. The summed E-state index contributed by atoms with van der Waals surface area (Å²) in [5.41, 5.74) is 6.20. The molecule has 6 heteroatoms. The van der Waals surface area contributed by atoms with Gasteiger partial charge >= 0.3 is 0 Å². The predicted octanol–water partition coefficient (Wildman–Crippen LogP) is 1.67. The van der Waals surface area contributed by atoms with Crippen LogP contribution in [0.2, 0.25) is 0 Å². The highest BCUT2D eigenvalue weighted by Crippen LogP contribution is 2.18. The number of nitrogens with zero attached hydrogens (tertiary/aromatic N) is 2. The Balaban J connectivity index is 2.08. The van der Waals surface area contributed by atoms with Crippen LogP contribution in [0.25, 0.3) is 0 Å². The first-order valence-electron chi connectivity index (χ1n) is 5.85. The molecular weight excluding hydrogens is 244 g/mol. The Morgan fingerprint density at radius 3 is 2.89 bits per heavy atom. The summed E-state index contributed by atoms with van der Waals surface area (Å²) in [5, 5.41) is 6.82. The van der Waals surface area contributed by atoms with E-state index in [1.165, 1.54) is 4.68 Å². The van der Waals surface area contributed by atoms with Crippen molar-refractivity contribution in [2.45, 2.75) is 13.0 Å². The Morgan fingerprint density at radius 2 is 2.26 bits per heavy atom.